The maximum absolute atomic E-state index is 11.8. The van der Waals surface area contributed by atoms with Crippen LogP contribution in [0, 0.1) is 0 Å². The number of carboxylic acids is 1. The third kappa shape index (κ3) is 3.30. The van der Waals surface area contributed by atoms with Gasteiger partial charge < -0.3 is 10.4 Å². The van der Waals surface area contributed by atoms with Gasteiger partial charge in [-0.05, 0) is 34.1 Å². The predicted molar refractivity (Wildman–Crippen MR) is 67.2 cm³/mol. The van der Waals surface area contributed by atoms with Crippen molar-refractivity contribution in [3.63, 3.8) is 0 Å². The second-order valence-electron chi connectivity index (χ2n) is 3.38. The molecule has 98 valence electrons. The molecule has 1 aromatic rings. The molecule has 0 radical (unpaired) electrons. The Bertz CT molecular complexity index is 596. The van der Waals surface area contributed by atoms with Crippen molar-refractivity contribution in [1.82, 2.24) is 5.32 Å². The molecule has 0 aliphatic rings. The van der Waals surface area contributed by atoms with Gasteiger partial charge in [-0.15, -0.1) is 0 Å². The van der Waals surface area contributed by atoms with E-state index >= 15 is 0 Å². The van der Waals surface area contributed by atoms with Gasteiger partial charge in [-0.25, -0.2) is 13.2 Å². The number of aromatic carboxylic acids is 1. The summed E-state index contributed by atoms with van der Waals surface area (Å²) in [6.45, 7) is 0. The summed E-state index contributed by atoms with van der Waals surface area (Å²) in [5.41, 5.74) is -0.173. The maximum Gasteiger partial charge on any atom is 0.336 e. The van der Waals surface area contributed by atoms with E-state index in [1.807, 2.05) is 0 Å². The largest absolute Gasteiger partial charge is 0.478 e. The lowest BCUT2D eigenvalue weighted by Gasteiger charge is -2.06. The van der Waals surface area contributed by atoms with Gasteiger partial charge in [-0.1, -0.05) is 0 Å². The Labute approximate surface area is 112 Å². The minimum absolute atomic E-state index is 0.173. The minimum atomic E-state index is -3.84. The molecule has 0 spiro atoms. The molecule has 0 fully saturated rings. The van der Waals surface area contributed by atoms with Crippen LogP contribution in [0.15, 0.2) is 27.6 Å². The molecule has 2 N–H and O–H groups in total. The number of carboxylic acid groups (broad SMARTS) is 1. The molecular formula is C10H10BrNO5S. The van der Waals surface area contributed by atoms with E-state index < -0.39 is 27.5 Å². The number of carbonyl (C=O) groups excluding carboxylic acids is 1. The molecule has 0 aromatic heterocycles. The van der Waals surface area contributed by atoms with E-state index in [9.17, 15) is 18.0 Å². The summed E-state index contributed by atoms with van der Waals surface area (Å²) in [5, 5.41) is 11.1. The fraction of sp³-hybridized carbons (Fsp3) is 0.200. The van der Waals surface area contributed by atoms with Gasteiger partial charge in [-0.2, -0.15) is 0 Å². The van der Waals surface area contributed by atoms with Crippen LogP contribution >= 0.6 is 15.9 Å². The van der Waals surface area contributed by atoms with E-state index in [1.165, 1.54) is 19.2 Å². The van der Waals surface area contributed by atoms with Crippen LogP contribution in [-0.4, -0.2) is 38.2 Å². The molecular weight excluding hydrogens is 326 g/mol. The van der Waals surface area contributed by atoms with Crippen LogP contribution in [0.1, 0.15) is 10.4 Å². The summed E-state index contributed by atoms with van der Waals surface area (Å²) in [6.07, 6.45) is 0. The highest BCUT2D eigenvalue weighted by Gasteiger charge is 2.21. The molecule has 8 heteroatoms. The zero-order valence-corrected chi connectivity index (χ0v) is 11.7. The Morgan fingerprint density at radius 3 is 2.50 bits per heavy atom. The Hall–Kier alpha value is -1.41. The number of sulfone groups is 1. The van der Waals surface area contributed by atoms with Gasteiger partial charge in [0.05, 0.1) is 10.5 Å². The van der Waals surface area contributed by atoms with Gasteiger partial charge in [-0.3, -0.25) is 4.79 Å². The Balaban J connectivity index is 3.22. The Morgan fingerprint density at radius 2 is 2.00 bits per heavy atom. The zero-order chi connectivity index (χ0) is 13.9. The van der Waals surface area contributed by atoms with Gasteiger partial charge in [0.1, 0.15) is 5.75 Å². The van der Waals surface area contributed by atoms with Gasteiger partial charge in [0.15, 0.2) is 9.84 Å². The van der Waals surface area contributed by atoms with Gasteiger partial charge in [0.2, 0.25) is 5.91 Å². The van der Waals surface area contributed by atoms with Crippen molar-refractivity contribution in [2.45, 2.75) is 4.90 Å². The van der Waals surface area contributed by atoms with E-state index in [1.54, 1.807) is 0 Å². The van der Waals surface area contributed by atoms with Crippen LogP contribution in [0.25, 0.3) is 0 Å². The third-order valence-corrected chi connectivity index (χ3v) is 4.43. The van der Waals surface area contributed by atoms with Gasteiger partial charge >= 0.3 is 5.97 Å². The molecule has 1 rings (SSSR count). The smallest absolute Gasteiger partial charge is 0.336 e. The van der Waals surface area contributed by atoms with Crippen molar-refractivity contribution < 1.29 is 23.1 Å². The van der Waals surface area contributed by atoms with E-state index in [0.717, 1.165) is 6.07 Å². The van der Waals surface area contributed by atoms with Gasteiger partial charge in [0.25, 0.3) is 0 Å². The van der Waals surface area contributed by atoms with Crippen molar-refractivity contribution >= 4 is 37.6 Å². The lowest BCUT2D eigenvalue weighted by molar-refractivity contribution is -0.118. The average molecular weight is 336 g/mol. The lowest BCUT2D eigenvalue weighted by Crippen LogP contribution is -2.27. The van der Waals surface area contributed by atoms with E-state index in [0.29, 0.717) is 0 Å². The van der Waals surface area contributed by atoms with Crippen LogP contribution in [0.3, 0.4) is 0 Å². The second-order valence-corrected chi connectivity index (χ2v) is 6.22. The lowest BCUT2D eigenvalue weighted by atomic mass is 10.2. The van der Waals surface area contributed by atoms with Crippen LogP contribution in [0.2, 0.25) is 0 Å². The highest BCUT2D eigenvalue weighted by atomic mass is 79.9. The van der Waals surface area contributed by atoms with Crippen LogP contribution in [0.5, 0.6) is 0 Å². The summed E-state index contributed by atoms with van der Waals surface area (Å²) >= 11 is 3.01. The molecule has 0 saturated heterocycles. The summed E-state index contributed by atoms with van der Waals surface area (Å²) in [6, 6.07) is 3.58. The van der Waals surface area contributed by atoms with Crippen LogP contribution in [-0.2, 0) is 14.6 Å². The van der Waals surface area contributed by atoms with Crippen LogP contribution < -0.4 is 5.32 Å². The summed E-state index contributed by atoms with van der Waals surface area (Å²) in [5.74, 6) is -2.63. The number of halogens is 1. The number of rotatable bonds is 4. The third-order valence-electron chi connectivity index (χ3n) is 2.13. The fourth-order valence-electron chi connectivity index (χ4n) is 1.19. The van der Waals surface area contributed by atoms with Crippen molar-refractivity contribution in [3.8, 4) is 0 Å². The summed E-state index contributed by atoms with van der Waals surface area (Å²) < 4.78 is 23.9. The zero-order valence-electron chi connectivity index (χ0n) is 9.31. The first-order chi connectivity index (χ1) is 8.27. The standard InChI is InChI=1S/C10H10BrNO5S/c1-12-9(13)5-18(16,17)6-2-3-8(11)7(4-6)10(14)15/h2-4H,5H2,1H3,(H,12,13)(H,14,15). The van der Waals surface area contributed by atoms with E-state index in [2.05, 4.69) is 21.2 Å². The maximum atomic E-state index is 11.8. The number of carbonyl (C=O) groups is 2. The van der Waals surface area contributed by atoms with Crippen molar-refractivity contribution in [2.24, 2.45) is 0 Å². The first kappa shape index (κ1) is 14.7. The average Bonchev–Trinajstić information content (AvgIpc) is 2.28. The SMILES string of the molecule is CNC(=O)CS(=O)(=O)c1ccc(Br)c(C(=O)O)c1. The van der Waals surface area contributed by atoms with Crippen molar-refractivity contribution in [1.29, 1.82) is 0 Å². The molecule has 0 bridgehead atoms. The Kier molecular flexibility index (Phi) is 4.47. The van der Waals surface area contributed by atoms with Crippen molar-refractivity contribution in [3.05, 3.63) is 28.2 Å². The van der Waals surface area contributed by atoms with Crippen LogP contribution in [0.4, 0.5) is 0 Å². The molecule has 0 unspecified atom stereocenters. The summed E-state index contributed by atoms with van der Waals surface area (Å²) in [4.78, 5) is 21.7. The van der Waals surface area contributed by atoms with E-state index in [-0.39, 0.29) is 14.9 Å². The molecule has 0 aliphatic heterocycles. The minimum Gasteiger partial charge on any atom is -0.478 e. The second kappa shape index (κ2) is 5.49. The molecule has 1 aromatic carbocycles. The predicted octanol–water partition coefficient (Wildman–Crippen LogP) is 0.667. The number of amides is 1. The number of hydrogen-bond acceptors (Lipinski definition) is 4. The first-order valence-electron chi connectivity index (χ1n) is 4.74. The van der Waals surface area contributed by atoms with E-state index in [4.69, 9.17) is 5.11 Å². The molecule has 0 saturated carbocycles. The molecule has 0 atom stereocenters. The number of benzene rings is 1. The molecule has 0 aliphatic carbocycles. The molecule has 6 nitrogen and oxygen atoms in total. The molecule has 1 amide bonds. The monoisotopic (exact) mass is 335 g/mol. The normalized spacial score (nSPS) is 11.0. The molecule has 0 heterocycles. The van der Waals surface area contributed by atoms with Gasteiger partial charge in [0, 0.05) is 11.5 Å². The number of hydrogen-bond donors (Lipinski definition) is 2. The highest BCUT2D eigenvalue weighted by molar-refractivity contribution is 9.10. The number of nitrogens with one attached hydrogen (secondary N) is 1. The topological polar surface area (TPSA) is 101 Å². The highest BCUT2D eigenvalue weighted by Crippen LogP contribution is 2.21. The molecule has 18 heavy (non-hydrogen) atoms. The summed E-state index contributed by atoms with van der Waals surface area (Å²) in [7, 11) is -2.52. The Morgan fingerprint density at radius 1 is 1.39 bits per heavy atom. The van der Waals surface area contributed by atoms with Crippen molar-refractivity contribution in [2.75, 3.05) is 12.8 Å². The quantitative estimate of drug-likeness (QED) is 0.842. The fourth-order valence-corrected chi connectivity index (χ4v) is 2.84. The first-order valence-corrected chi connectivity index (χ1v) is 7.18.